The molecule has 3 N–H and O–H groups in total. The molecular weight excluding hydrogens is 1380 g/mol. The summed E-state index contributed by atoms with van der Waals surface area (Å²) in [5.41, 5.74) is 0. The normalized spacial score (nSPS) is 14.7. The first-order valence-corrected chi connectivity index (χ1v) is 43.7. The molecule has 19 heteroatoms. The van der Waals surface area contributed by atoms with Gasteiger partial charge in [-0.25, -0.2) is 9.13 Å². The Morgan fingerprint density at radius 1 is 0.274 bits per heavy atom. The molecule has 0 rings (SSSR count). The van der Waals surface area contributed by atoms with Crippen LogP contribution in [0.4, 0.5) is 0 Å². The molecule has 0 bridgehead atoms. The van der Waals surface area contributed by atoms with Gasteiger partial charge in [0.1, 0.15) is 19.3 Å². The van der Waals surface area contributed by atoms with E-state index in [1.54, 1.807) is 0 Å². The highest BCUT2D eigenvalue weighted by Gasteiger charge is 2.30. The minimum Gasteiger partial charge on any atom is -0.462 e. The van der Waals surface area contributed by atoms with Gasteiger partial charge in [0, 0.05) is 25.7 Å². The number of phosphoric ester groups is 2. The molecule has 0 fully saturated rings. The summed E-state index contributed by atoms with van der Waals surface area (Å²) < 4.78 is 68.5. The van der Waals surface area contributed by atoms with Crippen molar-refractivity contribution in [2.45, 2.75) is 329 Å². The Morgan fingerprint density at radius 2 is 0.509 bits per heavy atom. The molecule has 0 amide bonds. The molecule has 0 aromatic heterocycles. The Hall–Kier alpha value is -5.32. The van der Waals surface area contributed by atoms with Gasteiger partial charge in [0.2, 0.25) is 0 Å². The Bertz CT molecular complexity index is 2630. The van der Waals surface area contributed by atoms with Gasteiger partial charge in [-0.2, -0.15) is 0 Å². The van der Waals surface area contributed by atoms with Crippen molar-refractivity contribution in [3.63, 3.8) is 0 Å². The van der Waals surface area contributed by atoms with Crippen molar-refractivity contribution in [3.8, 4) is 0 Å². The van der Waals surface area contributed by atoms with Gasteiger partial charge in [0.05, 0.1) is 26.4 Å². The lowest BCUT2D eigenvalue weighted by atomic mass is 10.1. The van der Waals surface area contributed by atoms with Crippen LogP contribution in [0, 0.1) is 0 Å². The van der Waals surface area contributed by atoms with Crippen molar-refractivity contribution in [1.82, 2.24) is 0 Å². The minimum absolute atomic E-state index is 0.0418. The van der Waals surface area contributed by atoms with Gasteiger partial charge in [-0.1, -0.05) is 276 Å². The van der Waals surface area contributed by atoms with Crippen LogP contribution in [-0.2, 0) is 65.4 Å². The maximum atomic E-state index is 13.1. The smallest absolute Gasteiger partial charge is 0.462 e. The second-order valence-electron chi connectivity index (χ2n) is 26.6. The van der Waals surface area contributed by atoms with Crippen molar-refractivity contribution in [2.24, 2.45) is 0 Å². The fourth-order valence-electron chi connectivity index (χ4n) is 10.3. The summed E-state index contributed by atoms with van der Waals surface area (Å²) >= 11 is 0. The van der Waals surface area contributed by atoms with Gasteiger partial charge in [0.15, 0.2) is 12.2 Å². The number of aliphatic hydroxyl groups excluding tert-OH is 1. The van der Waals surface area contributed by atoms with E-state index < -0.39 is 97.5 Å². The molecule has 0 radical (unpaired) electrons. The molecule has 0 aliphatic rings. The molecule has 604 valence electrons. The zero-order valence-corrected chi connectivity index (χ0v) is 67.8. The predicted octanol–water partition coefficient (Wildman–Crippen LogP) is 24.0. The molecule has 0 aliphatic carbocycles. The molecule has 0 aromatic carbocycles. The lowest BCUT2D eigenvalue weighted by molar-refractivity contribution is -0.161. The summed E-state index contributed by atoms with van der Waals surface area (Å²) in [5, 5.41) is 10.6. The monoisotopic (exact) mass is 1520 g/mol. The van der Waals surface area contributed by atoms with Crippen molar-refractivity contribution in [2.75, 3.05) is 39.6 Å². The van der Waals surface area contributed by atoms with Gasteiger partial charge >= 0.3 is 39.5 Å². The number of phosphoric acid groups is 2. The molecule has 0 aromatic rings. The van der Waals surface area contributed by atoms with Crippen LogP contribution >= 0.6 is 15.6 Å². The van der Waals surface area contributed by atoms with Crippen LogP contribution in [-0.4, -0.2) is 96.7 Å². The number of carbonyl (C=O) groups excluding carboxylic acids is 4. The Balaban J connectivity index is 5.50. The Labute approximate surface area is 642 Å². The third kappa shape index (κ3) is 76.9. The lowest BCUT2D eigenvalue weighted by Crippen LogP contribution is -2.30. The average Bonchev–Trinajstić information content (AvgIpc) is 0.903. The summed E-state index contributed by atoms with van der Waals surface area (Å²) in [5.74, 6) is -2.34. The standard InChI is InChI=1S/C87H144O17P2/c1-5-9-13-17-21-25-29-33-36-38-40-42-45-48-52-56-60-64-68-72-85(90)98-78-83(104-87(92)74-70-66-62-58-54-50-46-43-41-39-37-34-30-26-22-18-14-10-6-2)80-102-106(95,96)100-76-81(88)75-99-105(93,94)101-79-82(77-97-84(89)71-67-63-59-55-51-47-32-28-24-20-16-12-8-4)103-86(91)73-69-65-61-57-53-49-44-35-31-27-23-19-15-11-7-3/h9,13,21-23,25-28,32-37,40-44,48,50,52,54,62,66,81-83,88H,5-8,10-12,14-20,24,29-31,38-39,45-47,49,51,53,55-61,63-65,67-80H2,1-4H3,(H,93,94)(H,95,96)/b13-9-,25-21-,26-22-,27-23-,32-28-,36-33-,37-34-,42-40-,43-41-,44-35-,52-48-,54-50-,66-62-/t81-,82+,83+/m0/s1. The minimum atomic E-state index is -5.01. The second kappa shape index (κ2) is 77.8. The number of rotatable bonds is 75. The third-order valence-corrected chi connectivity index (χ3v) is 18.4. The lowest BCUT2D eigenvalue weighted by Gasteiger charge is -2.21. The zero-order chi connectivity index (χ0) is 77.4. The maximum Gasteiger partial charge on any atom is 0.472 e. The fraction of sp³-hybridized carbons (Fsp3) is 0.655. The van der Waals surface area contributed by atoms with Gasteiger partial charge in [-0.05, 0) is 167 Å². The SMILES string of the molecule is CC/C=C\C/C=C\C/C=C\C/C=C\C/C=C\CCCCCC(=O)OC[C@H](COP(=O)(O)OC[C@@H](O)COP(=O)(O)OC[C@@H](COC(=O)CCCCCCC/C=C\CCCCCC)OC(=O)CCCCCCC/C=C\C/C=C\CCCCC)OC(=O)CC/C=C\C/C=C\C/C=C\C/C=C\C/C=C\CCCCC. The van der Waals surface area contributed by atoms with Gasteiger partial charge in [0.25, 0.3) is 0 Å². The molecule has 17 nitrogen and oxygen atoms in total. The number of carbonyl (C=O) groups is 4. The van der Waals surface area contributed by atoms with Crippen LogP contribution < -0.4 is 0 Å². The summed E-state index contributed by atoms with van der Waals surface area (Å²) in [6, 6.07) is 0. The van der Waals surface area contributed by atoms with Crippen molar-refractivity contribution >= 4 is 39.5 Å². The number of esters is 4. The highest BCUT2D eigenvalue weighted by Crippen LogP contribution is 2.45. The quantitative estimate of drug-likeness (QED) is 0.0169. The van der Waals surface area contributed by atoms with E-state index >= 15 is 0 Å². The second-order valence-corrected chi connectivity index (χ2v) is 29.5. The molecule has 106 heavy (non-hydrogen) atoms. The summed E-state index contributed by atoms with van der Waals surface area (Å²) in [6.45, 7) is 4.54. The van der Waals surface area contributed by atoms with Crippen LogP contribution in [0.15, 0.2) is 158 Å². The predicted molar refractivity (Wildman–Crippen MR) is 436 cm³/mol. The Morgan fingerprint density at radius 3 is 0.849 bits per heavy atom. The van der Waals surface area contributed by atoms with Crippen LogP contribution in [0.2, 0.25) is 0 Å². The van der Waals surface area contributed by atoms with E-state index in [0.29, 0.717) is 32.1 Å². The maximum absolute atomic E-state index is 13.1. The molecule has 0 aliphatic heterocycles. The molecule has 0 saturated heterocycles. The third-order valence-electron chi connectivity index (χ3n) is 16.5. The summed E-state index contributed by atoms with van der Waals surface area (Å²) in [4.78, 5) is 73.0. The highest BCUT2D eigenvalue weighted by atomic mass is 31.2. The first kappa shape index (κ1) is 101. The first-order chi connectivity index (χ1) is 51.7. The van der Waals surface area contributed by atoms with Gasteiger partial charge < -0.3 is 33.8 Å². The average molecular weight is 1520 g/mol. The molecule has 0 heterocycles. The number of aliphatic hydroxyl groups is 1. The van der Waals surface area contributed by atoms with E-state index in [1.807, 2.05) is 18.2 Å². The van der Waals surface area contributed by atoms with Crippen LogP contribution in [0.3, 0.4) is 0 Å². The fourth-order valence-corrected chi connectivity index (χ4v) is 11.8. The number of hydrogen-bond acceptors (Lipinski definition) is 15. The molecule has 0 spiro atoms. The van der Waals surface area contributed by atoms with E-state index in [-0.39, 0.29) is 25.7 Å². The number of allylic oxidation sites excluding steroid dienone is 26. The molecule has 5 atom stereocenters. The highest BCUT2D eigenvalue weighted by molar-refractivity contribution is 7.47. The summed E-state index contributed by atoms with van der Waals surface area (Å²) in [7, 11) is -10.0. The Kier molecular flexibility index (Phi) is 73.9. The van der Waals surface area contributed by atoms with Crippen molar-refractivity contribution < 1.29 is 80.2 Å². The van der Waals surface area contributed by atoms with Crippen LogP contribution in [0.25, 0.3) is 0 Å². The first-order valence-electron chi connectivity index (χ1n) is 40.7. The zero-order valence-electron chi connectivity index (χ0n) is 66.1. The number of hydrogen-bond donors (Lipinski definition) is 3. The number of ether oxygens (including phenoxy) is 4. The van der Waals surface area contributed by atoms with Gasteiger partial charge in [-0.15, -0.1) is 0 Å². The largest absolute Gasteiger partial charge is 0.472 e. The van der Waals surface area contributed by atoms with E-state index in [2.05, 4.69) is 167 Å². The molecular formula is C87H144O17P2. The van der Waals surface area contributed by atoms with Crippen LogP contribution in [0.5, 0.6) is 0 Å². The number of unbranched alkanes of at least 4 members (excludes halogenated alkanes) is 23. The van der Waals surface area contributed by atoms with Crippen molar-refractivity contribution in [1.29, 1.82) is 0 Å². The molecule has 2 unspecified atom stereocenters. The van der Waals surface area contributed by atoms with Crippen LogP contribution in [0.1, 0.15) is 310 Å². The van der Waals surface area contributed by atoms with E-state index in [0.717, 1.165) is 161 Å². The molecule has 0 saturated carbocycles. The van der Waals surface area contributed by atoms with E-state index in [1.165, 1.54) is 64.2 Å². The van der Waals surface area contributed by atoms with Crippen molar-refractivity contribution in [3.05, 3.63) is 158 Å². The van der Waals surface area contributed by atoms with E-state index in [4.69, 9.17) is 37.0 Å². The van der Waals surface area contributed by atoms with Gasteiger partial charge in [-0.3, -0.25) is 37.3 Å². The topological polar surface area (TPSA) is 237 Å². The summed E-state index contributed by atoms with van der Waals surface area (Å²) in [6.07, 6.45) is 90.9. The van der Waals surface area contributed by atoms with E-state index in [9.17, 15) is 43.2 Å².